The zero-order chi connectivity index (χ0) is 12.5. The van der Waals surface area contributed by atoms with Crippen LogP contribution in [0.15, 0.2) is 52.2 Å². The number of ketones is 1. The number of aromatic nitrogens is 2. The average molecular weight is 258 g/mol. The molecule has 18 heavy (non-hydrogen) atoms. The summed E-state index contributed by atoms with van der Waals surface area (Å²) in [5.74, 6) is 0.180. The third kappa shape index (κ3) is 1.64. The first-order valence-corrected chi connectivity index (χ1v) is 6.63. The van der Waals surface area contributed by atoms with E-state index in [4.69, 9.17) is 4.42 Å². The van der Waals surface area contributed by atoms with Crippen LogP contribution in [0.1, 0.15) is 16.2 Å². The van der Waals surface area contributed by atoms with Crippen molar-refractivity contribution < 1.29 is 9.21 Å². The van der Waals surface area contributed by atoms with Crippen LogP contribution in [0.25, 0.3) is 5.65 Å². The maximum Gasteiger partial charge on any atom is 0.247 e. The van der Waals surface area contributed by atoms with Gasteiger partial charge in [0.15, 0.2) is 5.76 Å². The van der Waals surface area contributed by atoms with Gasteiger partial charge in [0, 0.05) is 6.20 Å². The zero-order valence-electron chi connectivity index (χ0n) is 9.66. The van der Waals surface area contributed by atoms with E-state index in [9.17, 15) is 4.79 Å². The fourth-order valence-corrected chi connectivity index (χ4v) is 2.42. The molecule has 0 aliphatic heterocycles. The van der Waals surface area contributed by atoms with Crippen LogP contribution in [0.5, 0.6) is 0 Å². The molecule has 3 aromatic heterocycles. The molecule has 0 spiro atoms. The van der Waals surface area contributed by atoms with Crippen LogP contribution in [0.2, 0.25) is 0 Å². The summed E-state index contributed by atoms with van der Waals surface area (Å²) in [6.45, 7) is 0. The van der Waals surface area contributed by atoms with Crippen molar-refractivity contribution in [1.29, 1.82) is 0 Å². The van der Waals surface area contributed by atoms with E-state index < -0.39 is 0 Å². The van der Waals surface area contributed by atoms with Crippen LogP contribution in [0, 0.1) is 0 Å². The van der Waals surface area contributed by atoms with E-state index in [0.29, 0.717) is 16.5 Å². The highest BCUT2D eigenvalue weighted by Gasteiger charge is 2.21. The largest absolute Gasteiger partial charge is 0.461 e. The van der Waals surface area contributed by atoms with Gasteiger partial charge in [0.25, 0.3) is 0 Å². The van der Waals surface area contributed by atoms with E-state index in [1.807, 2.05) is 30.7 Å². The van der Waals surface area contributed by atoms with Crippen LogP contribution < -0.4 is 0 Å². The van der Waals surface area contributed by atoms with Gasteiger partial charge in [0.05, 0.1) is 6.26 Å². The Kier molecular flexibility index (Phi) is 2.68. The Bertz CT molecular complexity index is 701. The van der Waals surface area contributed by atoms with Crippen molar-refractivity contribution in [2.75, 3.05) is 6.26 Å². The van der Waals surface area contributed by atoms with Gasteiger partial charge in [-0.3, -0.25) is 9.20 Å². The zero-order valence-corrected chi connectivity index (χ0v) is 10.5. The van der Waals surface area contributed by atoms with Gasteiger partial charge in [-0.2, -0.15) is 0 Å². The lowest BCUT2D eigenvalue weighted by molar-refractivity contribution is 0.100. The molecule has 0 saturated heterocycles. The van der Waals surface area contributed by atoms with Gasteiger partial charge in [-0.25, -0.2) is 4.98 Å². The van der Waals surface area contributed by atoms with Crippen molar-refractivity contribution in [3.63, 3.8) is 0 Å². The fraction of sp³-hybridized carbons (Fsp3) is 0.0769. The Balaban J connectivity index is 2.24. The van der Waals surface area contributed by atoms with Crippen molar-refractivity contribution >= 4 is 23.2 Å². The Labute approximate surface area is 108 Å². The molecule has 5 heteroatoms. The smallest absolute Gasteiger partial charge is 0.247 e. The standard InChI is InChI=1S/C13H10N2O2S/c1-18-13-11(12(16)9-5-4-8-17-9)15-7-3-2-6-10(15)14-13/h2-8H,1H3. The minimum Gasteiger partial charge on any atom is -0.461 e. The van der Waals surface area contributed by atoms with Crippen molar-refractivity contribution in [3.05, 3.63) is 54.2 Å². The molecular weight excluding hydrogens is 248 g/mol. The summed E-state index contributed by atoms with van der Waals surface area (Å²) in [7, 11) is 0. The van der Waals surface area contributed by atoms with Crippen molar-refractivity contribution in [2.24, 2.45) is 0 Å². The molecule has 0 saturated carbocycles. The maximum absolute atomic E-state index is 12.4. The summed E-state index contributed by atoms with van der Waals surface area (Å²) in [5, 5.41) is 0.711. The lowest BCUT2D eigenvalue weighted by Gasteiger charge is -2.00. The highest BCUT2D eigenvalue weighted by molar-refractivity contribution is 7.98. The fourth-order valence-electron chi connectivity index (χ4n) is 1.85. The first kappa shape index (κ1) is 11.1. The summed E-state index contributed by atoms with van der Waals surface area (Å²) in [6.07, 6.45) is 5.23. The number of pyridine rings is 1. The lowest BCUT2D eigenvalue weighted by Crippen LogP contribution is -2.05. The molecule has 0 radical (unpaired) electrons. The molecule has 0 amide bonds. The second-order valence-electron chi connectivity index (χ2n) is 3.70. The number of thioether (sulfide) groups is 1. The second kappa shape index (κ2) is 4.34. The summed E-state index contributed by atoms with van der Waals surface area (Å²) in [6, 6.07) is 9.01. The number of hydrogen-bond donors (Lipinski definition) is 0. The molecular formula is C13H10N2O2S. The van der Waals surface area contributed by atoms with E-state index in [1.54, 1.807) is 16.5 Å². The minimum atomic E-state index is -0.150. The number of fused-ring (bicyclic) bond motifs is 1. The Hall–Kier alpha value is -2.01. The molecule has 3 aromatic rings. The number of rotatable bonds is 3. The van der Waals surface area contributed by atoms with Crippen LogP contribution in [-0.4, -0.2) is 21.4 Å². The van der Waals surface area contributed by atoms with E-state index in [0.717, 1.165) is 5.65 Å². The topological polar surface area (TPSA) is 47.5 Å². The third-order valence-corrected chi connectivity index (χ3v) is 3.32. The molecule has 0 aliphatic carbocycles. The summed E-state index contributed by atoms with van der Waals surface area (Å²) < 4.78 is 6.96. The first-order chi connectivity index (χ1) is 8.81. The first-order valence-electron chi connectivity index (χ1n) is 5.40. The highest BCUT2D eigenvalue weighted by atomic mass is 32.2. The van der Waals surface area contributed by atoms with Gasteiger partial charge < -0.3 is 4.42 Å². The maximum atomic E-state index is 12.4. The predicted molar refractivity (Wildman–Crippen MR) is 69.1 cm³/mol. The highest BCUT2D eigenvalue weighted by Crippen LogP contribution is 2.24. The lowest BCUT2D eigenvalue weighted by atomic mass is 10.2. The minimum absolute atomic E-state index is 0.150. The molecule has 0 bridgehead atoms. The number of carbonyl (C=O) groups is 1. The van der Waals surface area contributed by atoms with Gasteiger partial charge in [-0.1, -0.05) is 6.07 Å². The predicted octanol–water partition coefficient (Wildman–Crippen LogP) is 2.88. The third-order valence-electron chi connectivity index (χ3n) is 2.65. The normalized spacial score (nSPS) is 10.9. The Morgan fingerprint density at radius 3 is 2.94 bits per heavy atom. The van der Waals surface area contributed by atoms with Crippen LogP contribution in [-0.2, 0) is 0 Å². The summed E-state index contributed by atoms with van der Waals surface area (Å²) in [4.78, 5) is 16.8. The molecule has 0 atom stereocenters. The molecule has 4 nitrogen and oxygen atoms in total. The molecule has 3 heterocycles. The van der Waals surface area contributed by atoms with Gasteiger partial charge >= 0.3 is 0 Å². The Morgan fingerprint density at radius 1 is 1.33 bits per heavy atom. The van der Waals surface area contributed by atoms with Gasteiger partial charge in [-0.05, 0) is 30.5 Å². The van der Waals surface area contributed by atoms with Crippen molar-refractivity contribution in [3.8, 4) is 0 Å². The molecule has 0 N–H and O–H groups in total. The van der Waals surface area contributed by atoms with Gasteiger partial charge in [-0.15, -0.1) is 11.8 Å². The number of furan rings is 1. The summed E-state index contributed by atoms with van der Waals surface area (Å²) in [5.41, 5.74) is 1.31. The molecule has 90 valence electrons. The number of carbonyl (C=O) groups excluding carboxylic acids is 1. The van der Waals surface area contributed by atoms with Crippen LogP contribution >= 0.6 is 11.8 Å². The van der Waals surface area contributed by atoms with E-state index in [-0.39, 0.29) is 5.78 Å². The Morgan fingerprint density at radius 2 is 2.22 bits per heavy atom. The molecule has 3 rings (SSSR count). The van der Waals surface area contributed by atoms with E-state index in [2.05, 4.69) is 4.98 Å². The number of imidazole rings is 1. The van der Waals surface area contributed by atoms with Crippen LogP contribution in [0.3, 0.4) is 0 Å². The monoisotopic (exact) mass is 258 g/mol. The molecule has 0 aromatic carbocycles. The second-order valence-corrected chi connectivity index (χ2v) is 4.50. The quantitative estimate of drug-likeness (QED) is 0.535. The molecule has 0 aliphatic rings. The SMILES string of the molecule is CSc1nc2ccccn2c1C(=O)c1ccco1. The van der Waals surface area contributed by atoms with E-state index >= 15 is 0 Å². The van der Waals surface area contributed by atoms with E-state index in [1.165, 1.54) is 18.0 Å². The van der Waals surface area contributed by atoms with Gasteiger partial charge in [0.1, 0.15) is 16.4 Å². The molecule has 0 unspecified atom stereocenters. The van der Waals surface area contributed by atoms with Crippen molar-refractivity contribution in [1.82, 2.24) is 9.38 Å². The van der Waals surface area contributed by atoms with Gasteiger partial charge in [0.2, 0.25) is 5.78 Å². The van der Waals surface area contributed by atoms with Crippen molar-refractivity contribution in [2.45, 2.75) is 5.03 Å². The number of nitrogens with zero attached hydrogens (tertiary/aromatic N) is 2. The average Bonchev–Trinajstić information content (AvgIpc) is 3.04. The molecule has 0 fully saturated rings. The van der Waals surface area contributed by atoms with Crippen LogP contribution in [0.4, 0.5) is 0 Å². The summed E-state index contributed by atoms with van der Waals surface area (Å²) >= 11 is 1.45. The number of hydrogen-bond acceptors (Lipinski definition) is 4.